The summed E-state index contributed by atoms with van der Waals surface area (Å²) in [7, 11) is 1.48. The lowest BCUT2D eigenvalue weighted by molar-refractivity contribution is -0.135. The molecule has 92 valence electrons. The average Bonchev–Trinajstić information content (AvgIpc) is 2.75. The van der Waals surface area contributed by atoms with Gasteiger partial charge in [0.05, 0.1) is 6.61 Å². The second kappa shape index (κ2) is 5.03. The Morgan fingerprint density at radius 2 is 2.24 bits per heavy atom. The van der Waals surface area contributed by atoms with Gasteiger partial charge in [-0.05, 0) is 17.7 Å². The summed E-state index contributed by atoms with van der Waals surface area (Å²) in [5.74, 6) is 6.41. The summed E-state index contributed by atoms with van der Waals surface area (Å²) >= 11 is 0. The zero-order valence-corrected chi connectivity index (χ0v) is 9.51. The predicted octanol–water partition coefficient (Wildman–Crippen LogP) is 0.264. The zero-order chi connectivity index (χ0) is 12.3. The number of likely N-dealkylation sites (N-methyl/N-ethyl adjacent to an activating group) is 1. The minimum atomic E-state index is -0.272. The maximum absolute atomic E-state index is 11.2. The van der Waals surface area contributed by atoms with Gasteiger partial charge < -0.3 is 14.2 Å². The monoisotopic (exact) mass is 238 g/mol. The molecule has 0 saturated heterocycles. The van der Waals surface area contributed by atoms with E-state index in [0.717, 1.165) is 16.3 Å². The number of benzene rings is 1. The Balaban J connectivity index is 1.85. The van der Waals surface area contributed by atoms with Crippen LogP contribution >= 0.6 is 0 Å². The van der Waals surface area contributed by atoms with Crippen LogP contribution in [0.25, 0.3) is 0 Å². The van der Waals surface area contributed by atoms with Gasteiger partial charge in [0, 0.05) is 7.05 Å². The number of hydrazine groups is 1. The summed E-state index contributed by atoms with van der Waals surface area (Å²) in [4.78, 5) is 11.2. The number of amides is 1. The molecule has 0 saturated carbocycles. The molecule has 0 atom stereocenters. The van der Waals surface area contributed by atoms with Gasteiger partial charge in [-0.1, -0.05) is 6.07 Å². The molecule has 2 N–H and O–H groups in total. The lowest BCUT2D eigenvalue weighted by atomic mass is 10.2. The Bertz CT molecular complexity index is 420. The third-order valence-corrected chi connectivity index (χ3v) is 2.32. The molecule has 1 aliphatic rings. The molecular formula is C11H14N2O4. The molecule has 6 heteroatoms. The lowest BCUT2D eigenvalue weighted by Crippen LogP contribution is -2.35. The Kier molecular flexibility index (Phi) is 3.46. The van der Waals surface area contributed by atoms with Gasteiger partial charge in [-0.25, -0.2) is 5.84 Å². The van der Waals surface area contributed by atoms with E-state index >= 15 is 0 Å². The first-order valence-corrected chi connectivity index (χ1v) is 5.14. The molecule has 0 bridgehead atoms. The highest BCUT2D eigenvalue weighted by Crippen LogP contribution is 2.32. The first kappa shape index (κ1) is 11.7. The van der Waals surface area contributed by atoms with E-state index in [0.29, 0.717) is 12.4 Å². The van der Waals surface area contributed by atoms with Gasteiger partial charge in [0.1, 0.15) is 6.61 Å². The van der Waals surface area contributed by atoms with Crippen molar-refractivity contribution in [1.29, 1.82) is 0 Å². The summed E-state index contributed by atoms with van der Waals surface area (Å²) in [6.07, 6.45) is 0. The van der Waals surface area contributed by atoms with Crippen LogP contribution in [0.5, 0.6) is 11.5 Å². The van der Waals surface area contributed by atoms with E-state index in [1.165, 1.54) is 7.05 Å². The van der Waals surface area contributed by atoms with E-state index < -0.39 is 0 Å². The molecule has 0 aromatic heterocycles. The number of rotatable bonds is 4. The number of hydrogen-bond donors (Lipinski definition) is 1. The summed E-state index contributed by atoms with van der Waals surface area (Å²) in [5, 5.41) is 1.000. The Morgan fingerprint density at radius 1 is 1.47 bits per heavy atom. The molecule has 0 spiro atoms. The van der Waals surface area contributed by atoms with Crippen LogP contribution in [0.3, 0.4) is 0 Å². The molecule has 1 heterocycles. The maximum Gasteiger partial charge on any atom is 0.262 e. The average molecular weight is 238 g/mol. The molecule has 0 unspecified atom stereocenters. The summed E-state index contributed by atoms with van der Waals surface area (Å²) < 4.78 is 15.7. The molecule has 0 radical (unpaired) electrons. The fourth-order valence-corrected chi connectivity index (χ4v) is 1.39. The third kappa shape index (κ3) is 2.86. The van der Waals surface area contributed by atoms with Gasteiger partial charge in [-0.15, -0.1) is 0 Å². The normalized spacial score (nSPS) is 12.6. The molecule has 2 rings (SSSR count). The van der Waals surface area contributed by atoms with E-state index in [1.807, 2.05) is 18.2 Å². The van der Waals surface area contributed by atoms with E-state index in [1.54, 1.807) is 0 Å². The molecule has 0 aliphatic carbocycles. The number of nitrogens with two attached hydrogens (primary N) is 1. The molecular weight excluding hydrogens is 224 g/mol. The van der Waals surface area contributed by atoms with Crippen molar-refractivity contribution in [2.24, 2.45) is 5.84 Å². The topological polar surface area (TPSA) is 74.0 Å². The molecule has 1 aliphatic heterocycles. The number of carbonyl (C=O) groups is 1. The summed E-state index contributed by atoms with van der Waals surface area (Å²) in [6.45, 7) is 0.535. The molecule has 0 fully saturated rings. The van der Waals surface area contributed by atoms with Gasteiger partial charge in [0.2, 0.25) is 6.79 Å². The Labute approximate surface area is 98.8 Å². The SMILES string of the molecule is CN(N)C(=O)COCc1ccc2c(c1)OCO2. The fourth-order valence-electron chi connectivity index (χ4n) is 1.39. The van der Waals surface area contributed by atoms with Crippen LogP contribution in [-0.4, -0.2) is 31.4 Å². The van der Waals surface area contributed by atoms with E-state index in [4.69, 9.17) is 20.1 Å². The molecule has 1 aromatic rings. The standard InChI is InChI=1S/C11H14N2O4/c1-13(12)11(14)6-15-5-8-2-3-9-10(4-8)17-7-16-9/h2-4H,5-7,12H2,1H3. The molecule has 1 amide bonds. The lowest BCUT2D eigenvalue weighted by Gasteiger charge is -2.10. The van der Waals surface area contributed by atoms with Crippen molar-refractivity contribution in [2.75, 3.05) is 20.4 Å². The van der Waals surface area contributed by atoms with Gasteiger partial charge >= 0.3 is 0 Å². The highest BCUT2D eigenvalue weighted by atomic mass is 16.7. The zero-order valence-electron chi connectivity index (χ0n) is 9.51. The predicted molar refractivity (Wildman–Crippen MR) is 59.2 cm³/mol. The van der Waals surface area contributed by atoms with Crippen molar-refractivity contribution in [1.82, 2.24) is 5.01 Å². The van der Waals surface area contributed by atoms with Gasteiger partial charge in [-0.3, -0.25) is 9.80 Å². The quantitative estimate of drug-likeness (QED) is 0.463. The maximum atomic E-state index is 11.2. The minimum absolute atomic E-state index is 0.0402. The third-order valence-electron chi connectivity index (χ3n) is 2.32. The van der Waals surface area contributed by atoms with Crippen molar-refractivity contribution in [2.45, 2.75) is 6.61 Å². The van der Waals surface area contributed by atoms with Crippen LogP contribution < -0.4 is 15.3 Å². The smallest absolute Gasteiger partial charge is 0.262 e. The number of hydrogen-bond acceptors (Lipinski definition) is 5. The number of fused-ring (bicyclic) bond motifs is 1. The molecule has 17 heavy (non-hydrogen) atoms. The highest BCUT2D eigenvalue weighted by molar-refractivity contribution is 5.76. The largest absolute Gasteiger partial charge is 0.454 e. The number of carbonyl (C=O) groups excluding carboxylic acids is 1. The fraction of sp³-hybridized carbons (Fsp3) is 0.364. The van der Waals surface area contributed by atoms with Crippen molar-refractivity contribution in [3.05, 3.63) is 23.8 Å². The van der Waals surface area contributed by atoms with Crippen LogP contribution in [0.4, 0.5) is 0 Å². The van der Waals surface area contributed by atoms with E-state index in [-0.39, 0.29) is 19.3 Å². The minimum Gasteiger partial charge on any atom is -0.454 e. The van der Waals surface area contributed by atoms with Crippen LogP contribution in [-0.2, 0) is 16.1 Å². The Hall–Kier alpha value is -1.79. The van der Waals surface area contributed by atoms with E-state index in [9.17, 15) is 4.79 Å². The van der Waals surface area contributed by atoms with Gasteiger partial charge in [-0.2, -0.15) is 0 Å². The van der Waals surface area contributed by atoms with Gasteiger partial charge in [0.25, 0.3) is 5.91 Å². The molecule has 6 nitrogen and oxygen atoms in total. The first-order chi connectivity index (χ1) is 8.16. The number of nitrogens with zero attached hydrogens (tertiary/aromatic N) is 1. The highest BCUT2D eigenvalue weighted by Gasteiger charge is 2.13. The van der Waals surface area contributed by atoms with Crippen LogP contribution in [0, 0.1) is 0 Å². The van der Waals surface area contributed by atoms with Crippen molar-refractivity contribution >= 4 is 5.91 Å². The number of ether oxygens (including phenoxy) is 3. The second-order valence-corrected chi connectivity index (χ2v) is 3.69. The van der Waals surface area contributed by atoms with Crippen molar-refractivity contribution in [3.63, 3.8) is 0 Å². The van der Waals surface area contributed by atoms with Crippen LogP contribution in [0.1, 0.15) is 5.56 Å². The Morgan fingerprint density at radius 3 is 3.00 bits per heavy atom. The second-order valence-electron chi connectivity index (χ2n) is 3.69. The first-order valence-electron chi connectivity index (χ1n) is 5.14. The van der Waals surface area contributed by atoms with Crippen molar-refractivity contribution < 1.29 is 19.0 Å². The summed E-state index contributed by atoms with van der Waals surface area (Å²) in [5.41, 5.74) is 0.918. The van der Waals surface area contributed by atoms with Gasteiger partial charge in [0.15, 0.2) is 11.5 Å². The van der Waals surface area contributed by atoms with Crippen LogP contribution in [0.15, 0.2) is 18.2 Å². The summed E-state index contributed by atoms with van der Waals surface area (Å²) in [6, 6.07) is 5.51. The van der Waals surface area contributed by atoms with Crippen molar-refractivity contribution in [3.8, 4) is 11.5 Å². The molecule has 1 aromatic carbocycles. The van der Waals surface area contributed by atoms with Crippen LogP contribution in [0.2, 0.25) is 0 Å². The van der Waals surface area contributed by atoms with E-state index in [2.05, 4.69) is 0 Å².